The topological polar surface area (TPSA) is 29.5 Å². The molecule has 0 N–H and O–H groups in total. The molecule has 23 heavy (non-hydrogen) atoms. The molecule has 1 aliphatic rings. The van der Waals surface area contributed by atoms with Crippen LogP contribution in [0.15, 0.2) is 54.6 Å². The number of anilines is 1. The number of carbonyl (C=O) groups is 1. The number of para-hydroxylation sites is 1. The second kappa shape index (κ2) is 6.97. The third-order valence-corrected chi connectivity index (χ3v) is 4.39. The smallest absolute Gasteiger partial charge is 0.256 e. The van der Waals surface area contributed by atoms with Gasteiger partial charge in [-0.15, -0.1) is 0 Å². The van der Waals surface area contributed by atoms with Gasteiger partial charge in [-0.2, -0.15) is 0 Å². The average Bonchev–Trinajstić information content (AvgIpc) is 2.90. The molecule has 0 radical (unpaired) electrons. The lowest BCUT2D eigenvalue weighted by Gasteiger charge is -2.26. The molecule has 3 heteroatoms. The second-order valence-corrected chi connectivity index (χ2v) is 6.14. The number of hydrogen-bond acceptors (Lipinski definition) is 2. The van der Waals surface area contributed by atoms with Crippen LogP contribution in [0.4, 0.5) is 5.69 Å². The van der Waals surface area contributed by atoms with E-state index in [-0.39, 0.29) is 11.9 Å². The lowest BCUT2D eigenvalue weighted by atomic mass is 10.1. The fourth-order valence-electron chi connectivity index (χ4n) is 3.17. The molecule has 1 aliphatic heterocycles. The number of rotatable bonds is 5. The maximum absolute atomic E-state index is 12.8. The Bertz CT molecular complexity index is 668. The molecule has 0 saturated carbocycles. The Hall–Kier alpha value is -2.13. The van der Waals surface area contributed by atoms with E-state index >= 15 is 0 Å². The first-order chi connectivity index (χ1) is 11.2. The summed E-state index contributed by atoms with van der Waals surface area (Å²) in [6, 6.07) is 18.5. The molecule has 2 aromatic carbocycles. The van der Waals surface area contributed by atoms with Gasteiger partial charge >= 0.3 is 0 Å². The van der Waals surface area contributed by atoms with Gasteiger partial charge in [0, 0.05) is 11.7 Å². The molecule has 2 unspecified atom stereocenters. The van der Waals surface area contributed by atoms with Crippen LogP contribution in [0, 0.1) is 0 Å². The Labute approximate surface area is 137 Å². The largest absolute Gasteiger partial charge is 0.368 e. The van der Waals surface area contributed by atoms with Crippen LogP contribution >= 0.6 is 0 Å². The third kappa shape index (κ3) is 3.45. The lowest BCUT2D eigenvalue weighted by Crippen LogP contribution is -2.42. The predicted molar refractivity (Wildman–Crippen MR) is 92.7 cm³/mol. The van der Waals surface area contributed by atoms with Crippen molar-refractivity contribution in [2.24, 2.45) is 0 Å². The van der Waals surface area contributed by atoms with Crippen molar-refractivity contribution in [3.05, 3.63) is 65.7 Å². The van der Waals surface area contributed by atoms with Crippen molar-refractivity contribution in [2.75, 3.05) is 11.5 Å². The lowest BCUT2D eigenvalue weighted by molar-refractivity contribution is -0.129. The van der Waals surface area contributed by atoms with E-state index in [2.05, 4.69) is 25.1 Å². The third-order valence-electron chi connectivity index (χ3n) is 4.39. The molecule has 0 spiro atoms. The van der Waals surface area contributed by atoms with Crippen LogP contribution in [0.5, 0.6) is 0 Å². The minimum Gasteiger partial charge on any atom is -0.368 e. The molecule has 3 rings (SSSR count). The maximum Gasteiger partial charge on any atom is 0.256 e. The minimum atomic E-state index is -0.424. The fourth-order valence-corrected chi connectivity index (χ4v) is 3.17. The van der Waals surface area contributed by atoms with Gasteiger partial charge < -0.3 is 9.64 Å². The van der Waals surface area contributed by atoms with Crippen molar-refractivity contribution in [1.29, 1.82) is 0 Å². The number of amides is 1. The van der Waals surface area contributed by atoms with Gasteiger partial charge in [0.1, 0.15) is 6.10 Å². The molecule has 2 atom stereocenters. The highest BCUT2D eigenvalue weighted by atomic mass is 16.5. The summed E-state index contributed by atoms with van der Waals surface area (Å²) in [6.07, 6.45) is 1.32. The number of fused-ring (bicyclic) bond motifs is 1. The van der Waals surface area contributed by atoms with E-state index in [1.54, 1.807) is 0 Å². The molecule has 0 aromatic heterocycles. The van der Waals surface area contributed by atoms with Gasteiger partial charge in [-0.1, -0.05) is 48.5 Å². The van der Waals surface area contributed by atoms with Crippen LogP contribution in [0.3, 0.4) is 0 Å². The average molecular weight is 309 g/mol. The molecule has 1 heterocycles. The SMILES string of the molecule is CC(OCCc1ccccc1)C(=O)N1c2ccccc2CC1C. The van der Waals surface area contributed by atoms with Gasteiger partial charge in [0.15, 0.2) is 0 Å². The maximum atomic E-state index is 12.8. The molecule has 0 saturated heterocycles. The monoisotopic (exact) mass is 309 g/mol. The van der Waals surface area contributed by atoms with Gasteiger partial charge in [0.2, 0.25) is 0 Å². The van der Waals surface area contributed by atoms with Crippen LogP contribution in [0.2, 0.25) is 0 Å². The van der Waals surface area contributed by atoms with Crippen molar-refractivity contribution < 1.29 is 9.53 Å². The Morgan fingerprint density at radius 3 is 2.65 bits per heavy atom. The van der Waals surface area contributed by atoms with Crippen molar-refractivity contribution in [3.63, 3.8) is 0 Å². The molecule has 0 fully saturated rings. The molecular weight excluding hydrogens is 286 g/mol. The number of hydrogen-bond donors (Lipinski definition) is 0. The van der Waals surface area contributed by atoms with Gasteiger partial charge in [0.05, 0.1) is 6.61 Å². The zero-order chi connectivity index (χ0) is 16.2. The zero-order valence-electron chi connectivity index (χ0n) is 13.7. The summed E-state index contributed by atoms with van der Waals surface area (Å²) in [5.41, 5.74) is 3.50. The van der Waals surface area contributed by atoms with Gasteiger partial charge in [-0.05, 0) is 43.9 Å². The number of carbonyl (C=O) groups excluding carboxylic acids is 1. The molecule has 2 aromatic rings. The Kier molecular flexibility index (Phi) is 4.77. The Morgan fingerprint density at radius 1 is 1.17 bits per heavy atom. The van der Waals surface area contributed by atoms with Crippen molar-refractivity contribution in [2.45, 2.75) is 38.8 Å². The Morgan fingerprint density at radius 2 is 1.87 bits per heavy atom. The van der Waals surface area contributed by atoms with E-state index in [0.717, 1.165) is 18.5 Å². The standard InChI is InChI=1S/C20H23NO2/c1-15-14-18-10-6-7-11-19(18)21(15)20(22)16(2)23-13-12-17-8-4-3-5-9-17/h3-11,15-16H,12-14H2,1-2H3. The van der Waals surface area contributed by atoms with Crippen molar-refractivity contribution in [3.8, 4) is 0 Å². The molecular formula is C20H23NO2. The zero-order valence-corrected chi connectivity index (χ0v) is 13.7. The second-order valence-electron chi connectivity index (χ2n) is 6.14. The number of ether oxygens (including phenoxy) is 1. The van der Waals surface area contributed by atoms with Crippen molar-refractivity contribution >= 4 is 11.6 Å². The quantitative estimate of drug-likeness (QED) is 0.844. The van der Waals surface area contributed by atoms with Gasteiger partial charge in [0.25, 0.3) is 5.91 Å². The summed E-state index contributed by atoms with van der Waals surface area (Å²) in [6.45, 7) is 4.50. The Balaban J connectivity index is 1.59. The highest BCUT2D eigenvalue weighted by molar-refractivity contribution is 5.98. The molecule has 0 aliphatic carbocycles. The predicted octanol–water partition coefficient (Wildman–Crippen LogP) is 3.61. The number of nitrogens with zero attached hydrogens (tertiary/aromatic N) is 1. The first-order valence-corrected chi connectivity index (χ1v) is 8.23. The van der Waals surface area contributed by atoms with E-state index < -0.39 is 6.10 Å². The van der Waals surface area contributed by atoms with Gasteiger partial charge in [-0.3, -0.25) is 4.79 Å². The van der Waals surface area contributed by atoms with Crippen LogP contribution in [-0.4, -0.2) is 24.7 Å². The fraction of sp³-hybridized carbons (Fsp3) is 0.350. The van der Waals surface area contributed by atoms with Crippen LogP contribution in [0.25, 0.3) is 0 Å². The van der Waals surface area contributed by atoms with E-state index in [9.17, 15) is 4.79 Å². The van der Waals surface area contributed by atoms with E-state index in [4.69, 9.17) is 4.74 Å². The van der Waals surface area contributed by atoms with Crippen molar-refractivity contribution in [1.82, 2.24) is 0 Å². The highest BCUT2D eigenvalue weighted by Gasteiger charge is 2.33. The molecule has 1 amide bonds. The minimum absolute atomic E-state index is 0.0514. The summed E-state index contributed by atoms with van der Waals surface area (Å²) in [5.74, 6) is 0.0514. The normalized spacial score (nSPS) is 17.8. The van der Waals surface area contributed by atoms with Crippen LogP contribution < -0.4 is 4.90 Å². The summed E-state index contributed by atoms with van der Waals surface area (Å²) < 4.78 is 5.79. The van der Waals surface area contributed by atoms with E-state index in [1.807, 2.05) is 48.2 Å². The molecule has 0 bridgehead atoms. The van der Waals surface area contributed by atoms with Gasteiger partial charge in [-0.25, -0.2) is 0 Å². The van der Waals surface area contributed by atoms with E-state index in [0.29, 0.717) is 6.61 Å². The number of benzene rings is 2. The highest BCUT2D eigenvalue weighted by Crippen LogP contribution is 2.32. The summed E-state index contributed by atoms with van der Waals surface area (Å²) >= 11 is 0. The first kappa shape index (κ1) is 15.8. The van der Waals surface area contributed by atoms with Crippen LogP contribution in [0.1, 0.15) is 25.0 Å². The summed E-state index contributed by atoms with van der Waals surface area (Å²) in [4.78, 5) is 14.7. The summed E-state index contributed by atoms with van der Waals surface area (Å²) in [5, 5.41) is 0. The van der Waals surface area contributed by atoms with E-state index in [1.165, 1.54) is 11.1 Å². The first-order valence-electron chi connectivity index (χ1n) is 8.23. The molecule has 120 valence electrons. The summed E-state index contributed by atoms with van der Waals surface area (Å²) in [7, 11) is 0. The van der Waals surface area contributed by atoms with Crippen LogP contribution in [-0.2, 0) is 22.4 Å². The molecule has 3 nitrogen and oxygen atoms in total.